The molecule has 1 heterocycles. The van der Waals surface area contributed by atoms with Gasteiger partial charge in [0.15, 0.2) is 0 Å². The highest BCUT2D eigenvalue weighted by Crippen LogP contribution is 2.36. The molecule has 1 aromatic heterocycles. The van der Waals surface area contributed by atoms with Crippen LogP contribution in [0.25, 0.3) is 0 Å². The molecule has 1 saturated carbocycles. The first-order valence-corrected chi connectivity index (χ1v) is 6.09. The first kappa shape index (κ1) is 14.8. The van der Waals surface area contributed by atoms with E-state index in [2.05, 4.69) is 17.2 Å². The average molecular weight is 270 g/mol. The number of anilines is 1. The Bertz CT molecular complexity index is 399. The minimum Gasteiger partial charge on any atom is -0.397 e. The second-order valence-electron chi connectivity index (χ2n) is 5.18. The lowest BCUT2D eigenvalue weighted by molar-refractivity contribution is 0.0929. The number of nitrogens with one attached hydrogen (secondary N) is 1. The van der Waals surface area contributed by atoms with E-state index in [0.29, 0.717) is 11.4 Å². The number of halogens is 1. The maximum atomic E-state index is 11.8. The van der Waals surface area contributed by atoms with Crippen molar-refractivity contribution in [3.05, 3.63) is 24.0 Å². The Labute approximate surface area is 114 Å². The van der Waals surface area contributed by atoms with Crippen LogP contribution in [0, 0.1) is 5.41 Å². The Morgan fingerprint density at radius 3 is 2.67 bits per heavy atom. The number of nitrogens with two attached hydrogens (primary N) is 1. The molecule has 1 aliphatic carbocycles. The van der Waals surface area contributed by atoms with Gasteiger partial charge in [0.05, 0.1) is 11.9 Å². The normalized spacial score (nSPS) is 16.9. The molecule has 0 aromatic carbocycles. The van der Waals surface area contributed by atoms with Gasteiger partial charge in [-0.1, -0.05) is 19.8 Å². The standard InChI is InChI=1S/C13H19N3O.ClH/c1-13(6-2-3-7-13)9-16-12(17)11-5-4-10(14)8-15-11;/h4-5,8H,2-3,6-7,9,14H2,1H3,(H,16,17);1H. The topological polar surface area (TPSA) is 68.0 Å². The van der Waals surface area contributed by atoms with Crippen LogP contribution in [0.4, 0.5) is 5.69 Å². The number of nitrogens with zero attached hydrogens (tertiary/aromatic N) is 1. The summed E-state index contributed by atoms with van der Waals surface area (Å²) in [5, 5.41) is 2.96. The van der Waals surface area contributed by atoms with Crippen LogP contribution >= 0.6 is 12.4 Å². The summed E-state index contributed by atoms with van der Waals surface area (Å²) in [6.45, 7) is 2.97. The molecule has 0 atom stereocenters. The molecule has 100 valence electrons. The molecule has 1 aromatic rings. The number of carbonyl (C=O) groups is 1. The molecular formula is C13H20ClN3O. The van der Waals surface area contributed by atoms with Gasteiger partial charge in [0.2, 0.25) is 0 Å². The fourth-order valence-electron chi connectivity index (χ4n) is 2.33. The molecule has 2 rings (SSSR count). The molecule has 3 N–H and O–H groups in total. The molecule has 0 radical (unpaired) electrons. The van der Waals surface area contributed by atoms with E-state index >= 15 is 0 Å². The van der Waals surface area contributed by atoms with Crippen molar-refractivity contribution in [2.45, 2.75) is 32.6 Å². The number of amides is 1. The zero-order chi connectivity index (χ0) is 12.3. The van der Waals surface area contributed by atoms with Crippen LogP contribution in [0.1, 0.15) is 43.1 Å². The molecule has 0 unspecified atom stereocenters. The zero-order valence-electron chi connectivity index (χ0n) is 10.6. The predicted molar refractivity (Wildman–Crippen MR) is 74.8 cm³/mol. The van der Waals surface area contributed by atoms with E-state index in [1.54, 1.807) is 12.1 Å². The van der Waals surface area contributed by atoms with Crippen LogP contribution in [0.5, 0.6) is 0 Å². The first-order valence-electron chi connectivity index (χ1n) is 6.09. The van der Waals surface area contributed by atoms with Crippen LogP contribution in [0.3, 0.4) is 0 Å². The first-order chi connectivity index (χ1) is 8.09. The summed E-state index contributed by atoms with van der Waals surface area (Å²) in [6, 6.07) is 3.35. The van der Waals surface area contributed by atoms with Gasteiger partial charge in [-0.25, -0.2) is 4.98 Å². The Balaban J connectivity index is 0.00000162. The van der Waals surface area contributed by atoms with Crippen molar-refractivity contribution in [3.63, 3.8) is 0 Å². The van der Waals surface area contributed by atoms with E-state index in [9.17, 15) is 4.79 Å². The zero-order valence-corrected chi connectivity index (χ0v) is 11.4. The third kappa shape index (κ3) is 3.60. The number of nitrogen functional groups attached to an aromatic ring is 1. The van der Waals surface area contributed by atoms with Crippen molar-refractivity contribution >= 4 is 24.0 Å². The molecule has 0 bridgehead atoms. The summed E-state index contributed by atoms with van der Waals surface area (Å²) in [5.74, 6) is -0.113. The van der Waals surface area contributed by atoms with Crippen LogP contribution in [0.15, 0.2) is 18.3 Å². The van der Waals surface area contributed by atoms with Crippen molar-refractivity contribution < 1.29 is 4.79 Å². The van der Waals surface area contributed by atoms with E-state index < -0.39 is 0 Å². The van der Waals surface area contributed by atoms with Crippen molar-refractivity contribution in [1.29, 1.82) is 0 Å². The Kier molecular flexibility index (Phi) is 4.96. The molecular weight excluding hydrogens is 250 g/mol. The van der Waals surface area contributed by atoms with Gasteiger partial charge in [-0.2, -0.15) is 0 Å². The Morgan fingerprint density at radius 2 is 2.11 bits per heavy atom. The highest BCUT2D eigenvalue weighted by molar-refractivity contribution is 5.92. The summed E-state index contributed by atoms with van der Waals surface area (Å²) in [4.78, 5) is 15.8. The van der Waals surface area contributed by atoms with E-state index in [4.69, 9.17) is 5.73 Å². The second kappa shape index (κ2) is 6.05. The molecule has 1 aliphatic rings. The predicted octanol–water partition coefficient (Wildman–Crippen LogP) is 2.40. The molecule has 18 heavy (non-hydrogen) atoms. The van der Waals surface area contributed by atoms with Gasteiger partial charge >= 0.3 is 0 Å². The van der Waals surface area contributed by atoms with Crippen molar-refractivity contribution in [2.75, 3.05) is 12.3 Å². The lowest BCUT2D eigenvalue weighted by atomic mass is 9.89. The van der Waals surface area contributed by atoms with Gasteiger partial charge in [-0.05, 0) is 30.4 Å². The number of aromatic nitrogens is 1. The molecule has 4 nitrogen and oxygen atoms in total. The van der Waals surface area contributed by atoms with Crippen molar-refractivity contribution in [2.24, 2.45) is 5.41 Å². The van der Waals surface area contributed by atoms with E-state index in [1.807, 2.05) is 0 Å². The van der Waals surface area contributed by atoms with E-state index in [0.717, 1.165) is 6.54 Å². The number of rotatable bonds is 3. The lowest BCUT2D eigenvalue weighted by Crippen LogP contribution is -2.34. The van der Waals surface area contributed by atoms with Crippen LogP contribution < -0.4 is 11.1 Å². The number of pyridine rings is 1. The summed E-state index contributed by atoms with van der Waals surface area (Å²) in [6.07, 6.45) is 6.44. The average Bonchev–Trinajstić information content (AvgIpc) is 2.75. The third-order valence-corrected chi connectivity index (χ3v) is 3.51. The smallest absolute Gasteiger partial charge is 0.269 e. The Morgan fingerprint density at radius 1 is 1.44 bits per heavy atom. The summed E-state index contributed by atoms with van der Waals surface area (Å²) in [7, 11) is 0. The molecule has 1 fully saturated rings. The molecule has 0 spiro atoms. The maximum Gasteiger partial charge on any atom is 0.269 e. The Hall–Kier alpha value is -1.29. The van der Waals surface area contributed by atoms with Gasteiger partial charge in [0.1, 0.15) is 5.69 Å². The highest BCUT2D eigenvalue weighted by atomic mass is 35.5. The van der Waals surface area contributed by atoms with Gasteiger partial charge in [-0.15, -0.1) is 12.4 Å². The van der Waals surface area contributed by atoms with Crippen LogP contribution in [0.2, 0.25) is 0 Å². The largest absolute Gasteiger partial charge is 0.397 e. The molecule has 0 aliphatic heterocycles. The SMILES string of the molecule is CC1(CNC(=O)c2ccc(N)cn2)CCCC1.Cl. The molecule has 1 amide bonds. The van der Waals surface area contributed by atoms with E-state index in [-0.39, 0.29) is 23.7 Å². The third-order valence-electron chi connectivity index (χ3n) is 3.51. The summed E-state index contributed by atoms with van der Waals surface area (Å²) >= 11 is 0. The lowest BCUT2D eigenvalue weighted by Gasteiger charge is -2.23. The minimum atomic E-state index is -0.113. The minimum absolute atomic E-state index is 0. The quantitative estimate of drug-likeness (QED) is 0.885. The van der Waals surface area contributed by atoms with Crippen molar-refractivity contribution in [1.82, 2.24) is 10.3 Å². The van der Waals surface area contributed by atoms with Gasteiger partial charge in [-0.3, -0.25) is 4.79 Å². The van der Waals surface area contributed by atoms with Crippen molar-refractivity contribution in [3.8, 4) is 0 Å². The fraction of sp³-hybridized carbons (Fsp3) is 0.538. The van der Waals surface area contributed by atoms with Crippen LogP contribution in [-0.2, 0) is 0 Å². The summed E-state index contributed by atoms with van der Waals surface area (Å²) in [5.41, 5.74) is 6.80. The fourth-order valence-corrected chi connectivity index (χ4v) is 2.33. The van der Waals surface area contributed by atoms with Crippen LogP contribution in [-0.4, -0.2) is 17.4 Å². The van der Waals surface area contributed by atoms with Gasteiger partial charge in [0, 0.05) is 6.54 Å². The van der Waals surface area contributed by atoms with Gasteiger partial charge < -0.3 is 11.1 Å². The monoisotopic (exact) mass is 269 g/mol. The highest BCUT2D eigenvalue weighted by Gasteiger charge is 2.28. The molecule has 5 heteroatoms. The maximum absolute atomic E-state index is 11.8. The number of hydrogen-bond acceptors (Lipinski definition) is 3. The summed E-state index contributed by atoms with van der Waals surface area (Å²) < 4.78 is 0. The molecule has 0 saturated heterocycles. The number of hydrogen-bond donors (Lipinski definition) is 2. The second-order valence-corrected chi connectivity index (χ2v) is 5.18. The number of carbonyl (C=O) groups excluding carboxylic acids is 1. The van der Waals surface area contributed by atoms with E-state index in [1.165, 1.54) is 31.9 Å². The van der Waals surface area contributed by atoms with Gasteiger partial charge in [0.25, 0.3) is 5.91 Å².